The number of benzene rings is 1. The first-order valence-corrected chi connectivity index (χ1v) is 9.28. The lowest BCUT2D eigenvalue weighted by molar-refractivity contribution is -0.155. The van der Waals surface area contributed by atoms with E-state index >= 15 is 0 Å². The van der Waals surface area contributed by atoms with E-state index in [9.17, 15) is 18.8 Å². The third-order valence-corrected chi connectivity index (χ3v) is 5.89. The van der Waals surface area contributed by atoms with Crippen LogP contribution in [0.2, 0.25) is 0 Å². The number of nitriles is 1. The van der Waals surface area contributed by atoms with Gasteiger partial charge in [-0.2, -0.15) is 5.26 Å². The first-order valence-electron chi connectivity index (χ1n) is 9.28. The Bertz CT molecular complexity index is 756. The summed E-state index contributed by atoms with van der Waals surface area (Å²) in [6.45, 7) is 1.58. The van der Waals surface area contributed by atoms with Gasteiger partial charge in [-0.25, -0.2) is 8.78 Å². The topological polar surface area (TPSA) is 47.3 Å². The summed E-state index contributed by atoms with van der Waals surface area (Å²) in [7, 11) is 0. The van der Waals surface area contributed by atoms with Crippen molar-refractivity contribution in [3.63, 3.8) is 0 Å². The molecule has 3 aliphatic rings. The highest BCUT2D eigenvalue weighted by Gasteiger charge is 2.57. The molecule has 1 unspecified atom stereocenters. The van der Waals surface area contributed by atoms with Crippen LogP contribution in [0.15, 0.2) is 24.3 Å². The van der Waals surface area contributed by atoms with Crippen molar-refractivity contribution in [1.82, 2.24) is 9.80 Å². The van der Waals surface area contributed by atoms with E-state index in [4.69, 9.17) is 0 Å². The van der Waals surface area contributed by atoms with Crippen molar-refractivity contribution in [2.45, 2.75) is 38.2 Å². The summed E-state index contributed by atoms with van der Waals surface area (Å²) in [5, 5.41) is 9.24. The maximum absolute atomic E-state index is 14.5. The summed E-state index contributed by atoms with van der Waals surface area (Å²) in [6, 6.07) is 9.20. The molecule has 2 aliphatic heterocycles. The summed E-state index contributed by atoms with van der Waals surface area (Å²) in [6.07, 6.45) is 2.44. The fraction of sp³-hybridized carbons (Fsp3) is 0.600. The first-order chi connectivity index (χ1) is 12.4. The van der Waals surface area contributed by atoms with Gasteiger partial charge in [0.2, 0.25) is 5.91 Å². The lowest BCUT2D eigenvalue weighted by Crippen LogP contribution is -2.55. The van der Waals surface area contributed by atoms with E-state index in [1.807, 2.05) is 6.07 Å². The molecule has 26 heavy (non-hydrogen) atoms. The maximum atomic E-state index is 14.5. The molecule has 2 saturated heterocycles. The Morgan fingerprint density at radius 2 is 2.00 bits per heavy atom. The van der Waals surface area contributed by atoms with Gasteiger partial charge in [0.05, 0.1) is 23.6 Å². The Morgan fingerprint density at radius 1 is 1.23 bits per heavy atom. The van der Waals surface area contributed by atoms with Crippen LogP contribution in [0.1, 0.15) is 36.8 Å². The molecule has 1 aromatic carbocycles. The zero-order chi connectivity index (χ0) is 18.4. The monoisotopic (exact) mass is 359 g/mol. The van der Waals surface area contributed by atoms with Crippen LogP contribution in [-0.4, -0.2) is 47.8 Å². The van der Waals surface area contributed by atoms with Crippen LogP contribution in [0.5, 0.6) is 0 Å². The molecular formula is C20H23F2N3O. The Kier molecular flexibility index (Phi) is 4.23. The van der Waals surface area contributed by atoms with E-state index < -0.39 is 11.3 Å². The highest BCUT2D eigenvalue weighted by molar-refractivity contribution is 5.85. The Labute approximate surface area is 152 Å². The first kappa shape index (κ1) is 17.4. The normalized spacial score (nSPS) is 28.5. The van der Waals surface area contributed by atoms with Crippen LogP contribution in [0.4, 0.5) is 8.78 Å². The van der Waals surface area contributed by atoms with Crippen molar-refractivity contribution in [3.8, 4) is 6.07 Å². The molecule has 1 atom stereocenters. The van der Waals surface area contributed by atoms with Crippen LogP contribution in [0, 0.1) is 22.7 Å². The minimum atomic E-state index is -2.88. The molecule has 1 saturated carbocycles. The molecule has 1 aliphatic carbocycles. The number of likely N-dealkylation sites (tertiary alicyclic amines) is 2. The van der Waals surface area contributed by atoms with Crippen molar-refractivity contribution in [1.29, 1.82) is 5.26 Å². The lowest BCUT2D eigenvalue weighted by atomic mass is 9.76. The van der Waals surface area contributed by atoms with Gasteiger partial charge >= 0.3 is 0 Å². The number of piperidine rings is 1. The van der Waals surface area contributed by atoms with E-state index in [0.29, 0.717) is 31.0 Å². The zero-order valence-corrected chi connectivity index (χ0v) is 14.8. The smallest absolute Gasteiger partial charge is 0.261 e. The van der Waals surface area contributed by atoms with Crippen LogP contribution < -0.4 is 0 Å². The fourth-order valence-corrected chi connectivity index (χ4v) is 4.53. The second-order valence-corrected chi connectivity index (χ2v) is 8.17. The average Bonchev–Trinajstić information content (AvgIpc) is 3.36. The van der Waals surface area contributed by atoms with Crippen molar-refractivity contribution in [3.05, 3.63) is 35.4 Å². The molecular weight excluding hydrogens is 336 g/mol. The number of rotatable bonds is 4. The molecule has 0 N–H and O–H groups in total. The summed E-state index contributed by atoms with van der Waals surface area (Å²) < 4.78 is 29.1. The van der Waals surface area contributed by atoms with Crippen LogP contribution in [0.25, 0.3) is 0 Å². The molecule has 0 radical (unpaired) electrons. The Morgan fingerprint density at radius 3 is 2.73 bits per heavy atom. The number of carbonyl (C=O) groups excluding carboxylic acids is 1. The number of hydrogen-bond acceptors (Lipinski definition) is 3. The largest absolute Gasteiger partial charge is 0.342 e. The maximum Gasteiger partial charge on any atom is 0.261 e. The predicted octanol–water partition coefficient (Wildman–Crippen LogP) is 3.03. The van der Waals surface area contributed by atoms with E-state index in [1.165, 1.54) is 0 Å². The summed E-state index contributed by atoms with van der Waals surface area (Å²) in [5.74, 6) is -2.41. The van der Waals surface area contributed by atoms with Crippen LogP contribution >= 0.6 is 0 Å². The highest BCUT2D eigenvalue weighted by atomic mass is 19.3. The number of alkyl halides is 2. The zero-order valence-electron chi connectivity index (χ0n) is 14.8. The molecule has 4 rings (SSSR count). The summed E-state index contributed by atoms with van der Waals surface area (Å²) >= 11 is 0. The molecule has 1 amide bonds. The van der Waals surface area contributed by atoms with Crippen molar-refractivity contribution in [2.75, 3.05) is 26.2 Å². The van der Waals surface area contributed by atoms with E-state index in [-0.39, 0.29) is 25.4 Å². The van der Waals surface area contributed by atoms with Gasteiger partial charge in [-0.3, -0.25) is 9.69 Å². The highest BCUT2D eigenvalue weighted by Crippen LogP contribution is 2.47. The fourth-order valence-electron chi connectivity index (χ4n) is 4.53. The average molecular weight is 359 g/mol. The molecule has 3 fully saturated rings. The number of carbonyl (C=O) groups is 1. The van der Waals surface area contributed by atoms with Gasteiger partial charge in [0.1, 0.15) is 0 Å². The van der Waals surface area contributed by atoms with Gasteiger partial charge in [-0.1, -0.05) is 18.2 Å². The minimum absolute atomic E-state index is 0.0951. The number of hydrogen-bond donors (Lipinski definition) is 0. The molecule has 6 heteroatoms. The van der Waals surface area contributed by atoms with Gasteiger partial charge < -0.3 is 4.90 Å². The van der Waals surface area contributed by atoms with Crippen LogP contribution in [0.3, 0.4) is 0 Å². The second-order valence-electron chi connectivity index (χ2n) is 8.17. The van der Waals surface area contributed by atoms with Crippen molar-refractivity contribution in [2.24, 2.45) is 11.3 Å². The number of amides is 1. The Balaban J connectivity index is 1.54. The minimum Gasteiger partial charge on any atom is -0.342 e. The molecule has 0 aromatic heterocycles. The van der Waals surface area contributed by atoms with Gasteiger partial charge in [-0.15, -0.1) is 0 Å². The van der Waals surface area contributed by atoms with Gasteiger partial charge in [0.15, 0.2) is 0 Å². The quantitative estimate of drug-likeness (QED) is 0.830. The summed E-state index contributed by atoms with van der Waals surface area (Å²) in [5.41, 5.74) is 0.268. The molecule has 138 valence electrons. The standard InChI is InChI=1S/C20H23F2N3O/c21-20(22)12-19(7-8-25(18(19)26)10-15-5-6-15)13-24(14-20)11-17-4-2-1-3-16(17)9-23/h1-4,15H,5-8,10-14H2. The summed E-state index contributed by atoms with van der Waals surface area (Å²) in [4.78, 5) is 16.4. The third-order valence-electron chi connectivity index (χ3n) is 5.89. The van der Waals surface area contributed by atoms with E-state index in [1.54, 1.807) is 28.0 Å². The van der Waals surface area contributed by atoms with Crippen molar-refractivity contribution < 1.29 is 13.6 Å². The van der Waals surface area contributed by atoms with Crippen LogP contribution in [-0.2, 0) is 11.3 Å². The predicted molar refractivity (Wildman–Crippen MR) is 92.4 cm³/mol. The Hall–Kier alpha value is -2.00. The molecule has 2 heterocycles. The van der Waals surface area contributed by atoms with Gasteiger partial charge in [-0.05, 0) is 36.8 Å². The number of halogens is 2. The molecule has 4 nitrogen and oxygen atoms in total. The second kappa shape index (κ2) is 6.31. The number of nitrogens with zero attached hydrogens (tertiary/aromatic N) is 3. The third kappa shape index (κ3) is 3.33. The molecule has 1 spiro atoms. The van der Waals surface area contributed by atoms with E-state index in [2.05, 4.69) is 6.07 Å². The van der Waals surface area contributed by atoms with Gasteiger partial charge in [0, 0.05) is 32.6 Å². The van der Waals surface area contributed by atoms with Crippen molar-refractivity contribution >= 4 is 5.91 Å². The molecule has 0 bridgehead atoms. The van der Waals surface area contributed by atoms with Gasteiger partial charge in [0.25, 0.3) is 5.92 Å². The molecule has 1 aromatic rings. The SMILES string of the molecule is N#Cc1ccccc1CN1CC(F)(F)CC2(CCN(CC3CC3)C2=O)C1. The van der Waals surface area contributed by atoms with E-state index in [0.717, 1.165) is 24.9 Å². The lowest BCUT2D eigenvalue weighted by Gasteiger charge is -2.43.